The molecule has 3 atom stereocenters. The fraction of sp³-hybridized carbons (Fsp3) is 0.708. The Labute approximate surface area is 169 Å². The van der Waals surface area contributed by atoms with Crippen LogP contribution in [0.3, 0.4) is 0 Å². The van der Waals surface area contributed by atoms with Crippen LogP contribution in [-0.4, -0.2) is 54.1 Å². The van der Waals surface area contributed by atoms with Crippen molar-refractivity contribution in [2.75, 3.05) is 31.7 Å². The maximum Gasteiger partial charge on any atom is 0.249 e. The molecule has 152 valence electrons. The number of amides is 1. The molecule has 3 unspecified atom stereocenters. The van der Waals surface area contributed by atoms with E-state index in [-0.39, 0.29) is 5.54 Å². The molecule has 4 nitrogen and oxygen atoms in total. The lowest BCUT2D eigenvalue weighted by molar-refractivity contribution is -0.132. The summed E-state index contributed by atoms with van der Waals surface area (Å²) < 4.78 is 0. The van der Waals surface area contributed by atoms with E-state index in [1.807, 2.05) is 11.9 Å². The number of hydrogen-bond donors (Lipinski definition) is 0. The van der Waals surface area contributed by atoms with Crippen LogP contribution in [-0.2, 0) is 4.79 Å². The van der Waals surface area contributed by atoms with E-state index in [4.69, 9.17) is 0 Å². The maximum atomic E-state index is 13.2. The van der Waals surface area contributed by atoms with Crippen molar-refractivity contribution in [2.45, 2.75) is 69.4 Å². The van der Waals surface area contributed by atoms with Crippen molar-refractivity contribution >= 4 is 11.6 Å². The summed E-state index contributed by atoms with van der Waals surface area (Å²) in [5, 5.41) is 0. The summed E-state index contributed by atoms with van der Waals surface area (Å²) in [6, 6.07) is 11.3. The quantitative estimate of drug-likeness (QED) is 0.771. The van der Waals surface area contributed by atoms with E-state index in [9.17, 15) is 4.79 Å². The molecule has 4 heteroatoms. The fourth-order valence-electron chi connectivity index (χ4n) is 6.74. The van der Waals surface area contributed by atoms with Crippen molar-refractivity contribution < 1.29 is 4.79 Å². The van der Waals surface area contributed by atoms with Gasteiger partial charge in [0, 0.05) is 31.9 Å². The fourth-order valence-corrected chi connectivity index (χ4v) is 6.74. The second-order valence-corrected chi connectivity index (χ2v) is 9.75. The van der Waals surface area contributed by atoms with Gasteiger partial charge >= 0.3 is 0 Å². The molecule has 28 heavy (non-hydrogen) atoms. The largest absolute Gasteiger partial charge is 0.339 e. The van der Waals surface area contributed by atoms with Crippen LogP contribution in [0.25, 0.3) is 0 Å². The van der Waals surface area contributed by atoms with Gasteiger partial charge < -0.3 is 14.7 Å². The van der Waals surface area contributed by atoms with E-state index in [1.54, 1.807) is 0 Å². The zero-order valence-electron chi connectivity index (χ0n) is 17.4. The second-order valence-electron chi connectivity index (χ2n) is 9.75. The van der Waals surface area contributed by atoms with Crippen LogP contribution in [0, 0.1) is 11.8 Å². The SMILES string of the molecule is CN1CN(c2ccccc2)C2(CCN(C3CCC4CCCCC4C3)CC2)C1=O. The van der Waals surface area contributed by atoms with E-state index in [0.29, 0.717) is 5.91 Å². The van der Waals surface area contributed by atoms with Crippen molar-refractivity contribution in [3.63, 3.8) is 0 Å². The third kappa shape index (κ3) is 3.04. The van der Waals surface area contributed by atoms with Gasteiger partial charge in [0.2, 0.25) is 5.91 Å². The Balaban J connectivity index is 1.29. The lowest BCUT2D eigenvalue weighted by Gasteiger charge is -2.48. The lowest BCUT2D eigenvalue weighted by atomic mass is 9.69. The number of rotatable bonds is 2. The van der Waals surface area contributed by atoms with Crippen LogP contribution >= 0.6 is 0 Å². The van der Waals surface area contributed by atoms with Gasteiger partial charge in [-0.15, -0.1) is 0 Å². The monoisotopic (exact) mass is 381 g/mol. The van der Waals surface area contributed by atoms with Gasteiger partial charge in [-0.25, -0.2) is 0 Å². The van der Waals surface area contributed by atoms with Crippen LogP contribution in [0.4, 0.5) is 5.69 Å². The zero-order chi connectivity index (χ0) is 19.1. The molecule has 4 aliphatic rings. The topological polar surface area (TPSA) is 26.8 Å². The third-order valence-corrected chi connectivity index (χ3v) is 8.34. The molecule has 2 aliphatic heterocycles. The van der Waals surface area contributed by atoms with Crippen molar-refractivity contribution in [2.24, 2.45) is 11.8 Å². The predicted octanol–water partition coefficient (Wildman–Crippen LogP) is 4.12. The number of piperidine rings is 1. The first-order chi connectivity index (χ1) is 13.7. The summed E-state index contributed by atoms with van der Waals surface area (Å²) in [4.78, 5) is 20.2. The number of carbonyl (C=O) groups excluding carboxylic acids is 1. The van der Waals surface area contributed by atoms with Crippen LogP contribution in [0.1, 0.15) is 57.8 Å². The van der Waals surface area contributed by atoms with Crippen LogP contribution in [0.2, 0.25) is 0 Å². The molecule has 0 bridgehead atoms. The molecule has 2 saturated carbocycles. The van der Waals surface area contributed by atoms with Gasteiger partial charge in [-0.3, -0.25) is 4.79 Å². The summed E-state index contributed by atoms with van der Waals surface area (Å²) in [7, 11) is 1.96. The number of nitrogens with zero attached hydrogens (tertiary/aromatic N) is 3. The smallest absolute Gasteiger partial charge is 0.249 e. The number of fused-ring (bicyclic) bond motifs is 1. The molecular weight excluding hydrogens is 346 g/mol. The van der Waals surface area contributed by atoms with Gasteiger partial charge in [-0.2, -0.15) is 0 Å². The van der Waals surface area contributed by atoms with E-state index >= 15 is 0 Å². The van der Waals surface area contributed by atoms with Gasteiger partial charge in [-0.1, -0.05) is 43.9 Å². The molecule has 5 rings (SSSR count). The van der Waals surface area contributed by atoms with E-state index < -0.39 is 0 Å². The molecule has 0 N–H and O–H groups in total. The first kappa shape index (κ1) is 18.5. The molecule has 2 saturated heterocycles. The van der Waals surface area contributed by atoms with E-state index in [0.717, 1.165) is 50.5 Å². The van der Waals surface area contributed by atoms with Gasteiger partial charge in [0.1, 0.15) is 5.54 Å². The van der Waals surface area contributed by atoms with E-state index in [1.165, 1.54) is 50.6 Å². The Morgan fingerprint density at radius 1 is 0.929 bits per heavy atom. The Morgan fingerprint density at radius 2 is 1.64 bits per heavy atom. The summed E-state index contributed by atoms with van der Waals surface area (Å²) in [6.07, 6.45) is 12.0. The van der Waals surface area contributed by atoms with Crippen molar-refractivity contribution in [3.8, 4) is 0 Å². The summed E-state index contributed by atoms with van der Waals surface area (Å²) in [5.41, 5.74) is 0.866. The second kappa shape index (κ2) is 7.37. The highest BCUT2D eigenvalue weighted by Gasteiger charge is 2.53. The highest BCUT2D eigenvalue weighted by atomic mass is 16.2. The maximum absolute atomic E-state index is 13.2. The molecule has 4 fully saturated rings. The number of benzene rings is 1. The molecule has 1 aromatic carbocycles. The van der Waals surface area contributed by atoms with Crippen molar-refractivity contribution in [1.29, 1.82) is 0 Å². The number of likely N-dealkylation sites (N-methyl/N-ethyl adjacent to an activating group) is 1. The molecule has 2 aliphatic carbocycles. The molecular formula is C24H35N3O. The first-order valence-corrected chi connectivity index (χ1v) is 11.5. The molecule has 1 amide bonds. The summed E-state index contributed by atoms with van der Waals surface area (Å²) in [5.74, 6) is 2.32. The number of anilines is 1. The van der Waals surface area contributed by atoms with Crippen LogP contribution in [0.15, 0.2) is 30.3 Å². The average molecular weight is 382 g/mol. The van der Waals surface area contributed by atoms with Gasteiger partial charge in [0.25, 0.3) is 0 Å². The Hall–Kier alpha value is -1.55. The highest BCUT2D eigenvalue weighted by Crippen LogP contribution is 2.44. The lowest BCUT2D eigenvalue weighted by Crippen LogP contribution is -2.58. The van der Waals surface area contributed by atoms with Gasteiger partial charge in [0.05, 0.1) is 6.67 Å². The minimum Gasteiger partial charge on any atom is -0.339 e. The molecule has 2 heterocycles. The van der Waals surface area contributed by atoms with Gasteiger partial charge in [-0.05, 0) is 56.1 Å². The Kier molecular flexibility index (Phi) is 4.86. The minimum atomic E-state index is -0.325. The predicted molar refractivity (Wildman–Crippen MR) is 113 cm³/mol. The van der Waals surface area contributed by atoms with Gasteiger partial charge in [0.15, 0.2) is 0 Å². The molecule has 0 radical (unpaired) electrons. The van der Waals surface area contributed by atoms with Crippen LogP contribution in [0.5, 0.6) is 0 Å². The minimum absolute atomic E-state index is 0.325. The standard InChI is InChI=1S/C24H35N3O/c1-25-18-27(21-9-3-2-4-10-21)24(23(25)28)13-15-26(16-14-24)22-12-11-19-7-5-6-8-20(19)17-22/h2-4,9-10,19-20,22H,5-8,11-18H2,1H3. The first-order valence-electron chi connectivity index (χ1n) is 11.5. The van der Waals surface area contributed by atoms with Crippen molar-refractivity contribution in [3.05, 3.63) is 30.3 Å². The molecule has 0 aromatic heterocycles. The average Bonchev–Trinajstić information content (AvgIpc) is 3.00. The molecule has 1 spiro atoms. The number of carbonyl (C=O) groups is 1. The third-order valence-electron chi connectivity index (χ3n) is 8.34. The number of para-hydroxylation sites is 1. The van der Waals surface area contributed by atoms with Crippen LogP contribution < -0.4 is 4.90 Å². The summed E-state index contributed by atoms with van der Waals surface area (Å²) >= 11 is 0. The number of likely N-dealkylation sites (tertiary alicyclic amines) is 1. The summed E-state index contributed by atoms with van der Waals surface area (Å²) in [6.45, 7) is 2.87. The normalized spacial score (nSPS) is 33.3. The van der Waals surface area contributed by atoms with E-state index in [2.05, 4.69) is 40.1 Å². The van der Waals surface area contributed by atoms with Crippen molar-refractivity contribution in [1.82, 2.24) is 9.80 Å². The Morgan fingerprint density at radius 3 is 2.39 bits per heavy atom. The number of hydrogen-bond acceptors (Lipinski definition) is 3. The Bertz CT molecular complexity index is 697. The molecule has 1 aromatic rings. The zero-order valence-corrected chi connectivity index (χ0v) is 17.4. The highest BCUT2D eigenvalue weighted by molar-refractivity contribution is 5.93.